The van der Waals surface area contributed by atoms with Crippen molar-refractivity contribution in [2.45, 2.75) is 19.1 Å². The summed E-state index contributed by atoms with van der Waals surface area (Å²) in [5.74, 6) is 0. The highest BCUT2D eigenvalue weighted by Crippen LogP contribution is 2.21. The first-order chi connectivity index (χ1) is 8.93. The zero-order valence-electron chi connectivity index (χ0n) is 12.3. The highest BCUT2D eigenvalue weighted by Gasteiger charge is 2.07. The minimum atomic E-state index is -0.151. The molecular weight excluding hydrogens is 258 g/mol. The molecule has 2 amide bonds. The standard InChI is InChI=1S/C14H23N3OS/c1-10-8-12(17(3)4)6-7-13(10)16-14(18)15-9-11(2)19-5/h6-8,11H,9H2,1-5H3,(H2,15,16,18). The van der Waals surface area contributed by atoms with E-state index in [1.54, 1.807) is 11.8 Å². The van der Waals surface area contributed by atoms with Gasteiger partial charge in [0.05, 0.1) is 0 Å². The second-order valence-electron chi connectivity index (χ2n) is 4.77. The molecule has 1 aromatic carbocycles. The van der Waals surface area contributed by atoms with Crippen molar-refractivity contribution < 1.29 is 4.79 Å². The van der Waals surface area contributed by atoms with E-state index in [9.17, 15) is 4.79 Å². The summed E-state index contributed by atoms with van der Waals surface area (Å²) < 4.78 is 0. The average Bonchev–Trinajstić information content (AvgIpc) is 2.38. The second-order valence-corrected chi connectivity index (χ2v) is 6.05. The van der Waals surface area contributed by atoms with Crippen molar-refractivity contribution in [1.82, 2.24) is 5.32 Å². The molecule has 106 valence electrons. The van der Waals surface area contributed by atoms with Gasteiger partial charge in [0.25, 0.3) is 0 Å². The summed E-state index contributed by atoms with van der Waals surface area (Å²) in [6.07, 6.45) is 2.04. The third-order valence-corrected chi connectivity index (χ3v) is 3.90. The van der Waals surface area contributed by atoms with Gasteiger partial charge in [-0.05, 0) is 36.9 Å². The minimum Gasteiger partial charge on any atom is -0.378 e. The molecule has 2 N–H and O–H groups in total. The van der Waals surface area contributed by atoms with E-state index in [2.05, 4.69) is 23.6 Å². The van der Waals surface area contributed by atoms with Gasteiger partial charge in [-0.15, -0.1) is 0 Å². The molecule has 5 heteroatoms. The smallest absolute Gasteiger partial charge is 0.319 e. The molecule has 1 unspecified atom stereocenters. The lowest BCUT2D eigenvalue weighted by Crippen LogP contribution is -2.33. The monoisotopic (exact) mass is 281 g/mol. The van der Waals surface area contributed by atoms with Crippen LogP contribution in [0.1, 0.15) is 12.5 Å². The van der Waals surface area contributed by atoms with E-state index in [4.69, 9.17) is 0 Å². The van der Waals surface area contributed by atoms with Gasteiger partial charge in [-0.25, -0.2) is 4.79 Å². The summed E-state index contributed by atoms with van der Waals surface area (Å²) in [7, 11) is 4.00. The third-order valence-electron chi connectivity index (χ3n) is 2.93. The summed E-state index contributed by atoms with van der Waals surface area (Å²) in [6, 6.07) is 5.83. The second kappa shape index (κ2) is 7.28. The SMILES string of the molecule is CSC(C)CNC(=O)Nc1ccc(N(C)C)cc1C. The first-order valence-electron chi connectivity index (χ1n) is 6.29. The van der Waals surface area contributed by atoms with E-state index in [0.29, 0.717) is 11.8 Å². The molecule has 19 heavy (non-hydrogen) atoms. The fourth-order valence-electron chi connectivity index (χ4n) is 1.55. The van der Waals surface area contributed by atoms with Crippen molar-refractivity contribution in [2.24, 2.45) is 0 Å². The number of hydrogen-bond acceptors (Lipinski definition) is 3. The molecular formula is C14H23N3OS. The van der Waals surface area contributed by atoms with Crippen LogP contribution in [0.25, 0.3) is 0 Å². The van der Waals surface area contributed by atoms with Gasteiger partial charge in [0, 0.05) is 37.3 Å². The van der Waals surface area contributed by atoms with Crippen LogP contribution < -0.4 is 15.5 Å². The molecule has 0 aliphatic heterocycles. The number of carbonyl (C=O) groups excluding carboxylic acids is 1. The predicted octanol–water partition coefficient (Wildman–Crippen LogP) is 2.93. The number of amides is 2. The van der Waals surface area contributed by atoms with Crippen molar-refractivity contribution in [3.8, 4) is 0 Å². The van der Waals surface area contributed by atoms with E-state index >= 15 is 0 Å². The van der Waals surface area contributed by atoms with Gasteiger partial charge in [0.1, 0.15) is 0 Å². The Labute approximate surface area is 119 Å². The number of rotatable bonds is 5. The zero-order chi connectivity index (χ0) is 14.4. The first-order valence-corrected chi connectivity index (χ1v) is 7.58. The number of nitrogens with zero attached hydrogens (tertiary/aromatic N) is 1. The average molecular weight is 281 g/mol. The molecule has 0 aliphatic rings. The van der Waals surface area contributed by atoms with Gasteiger partial charge in [-0.3, -0.25) is 0 Å². The van der Waals surface area contributed by atoms with Crippen molar-refractivity contribution in [3.05, 3.63) is 23.8 Å². The highest BCUT2D eigenvalue weighted by atomic mass is 32.2. The van der Waals surface area contributed by atoms with Gasteiger partial charge >= 0.3 is 6.03 Å². The molecule has 0 spiro atoms. The third kappa shape index (κ3) is 5.03. The van der Waals surface area contributed by atoms with Crippen molar-refractivity contribution in [3.63, 3.8) is 0 Å². The molecule has 0 aromatic heterocycles. The van der Waals surface area contributed by atoms with Crippen LogP contribution in [-0.2, 0) is 0 Å². The topological polar surface area (TPSA) is 44.4 Å². The zero-order valence-corrected chi connectivity index (χ0v) is 13.1. The van der Waals surface area contributed by atoms with Crippen LogP contribution in [0.4, 0.5) is 16.2 Å². The lowest BCUT2D eigenvalue weighted by Gasteiger charge is -2.16. The Morgan fingerprint density at radius 2 is 2.11 bits per heavy atom. The fourth-order valence-corrected chi connectivity index (χ4v) is 1.80. The summed E-state index contributed by atoms with van der Waals surface area (Å²) in [5.41, 5.74) is 3.03. The number of anilines is 2. The quantitative estimate of drug-likeness (QED) is 0.872. The molecule has 0 heterocycles. The Balaban J connectivity index is 2.60. The van der Waals surface area contributed by atoms with Gasteiger partial charge in [-0.1, -0.05) is 6.92 Å². The first kappa shape index (κ1) is 15.7. The molecule has 1 aromatic rings. The Hall–Kier alpha value is -1.36. The molecule has 0 saturated heterocycles. The number of benzene rings is 1. The van der Waals surface area contributed by atoms with Crippen molar-refractivity contribution >= 4 is 29.2 Å². The van der Waals surface area contributed by atoms with E-state index in [1.807, 2.05) is 44.3 Å². The molecule has 0 fully saturated rings. The number of urea groups is 1. The molecule has 1 rings (SSSR count). The lowest BCUT2D eigenvalue weighted by molar-refractivity contribution is 0.252. The molecule has 0 aliphatic carbocycles. The maximum Gasteiger partial charge on any atom is 0.319 e. The van der Waals surface area contributed by atoms with Crippen LogP contribution in [0.5, 0.6) is 0 Å². The lowest BCUT2D eigenvalue weighted by atomic mass is 10.1. The molecule has 1 atom stereocenters. The Morgan fingerprint density at radius 3 is 2.63 bits per heavy atom. The van der Waals surface area contributed by atoms with Crippen LogP contribution in [-0.4, -0.2) is 38.2 Å². The summed E-state index contributed by atoms with van der Waals surface area (Å²) in [4.78, 5) is 13.8. The van der Waals surface area contributed by atoms with E-state index in [0.717, 1.165) is 16.9 Å². The number of thioether (sulfide) groups is 1. The summed E-state index contributed by atoms with van der Waals surface area (Å²) in [5, 5.41) is 6.16. The van der Waals surface area contributed by atoms with E-state index in [-0.39, 0.29) is 6.03 Å². The Kier molecular flexibility index (Phi) is 6.02. The fraction of sp³-hybridized carbons (Fsp3) is 0.500. The molecule has 0 radical (unpaired) electrons. The summed E-state index contributed by atoms with van der Waals surface area (Å²) in [6.45, 7) is 4.75. The largest absolute Gasteiger partial charge is 0.378 e. The van der Waals surface area contributed by atoms with Crippen molar-refractivity contribution in [1.29, 1.82) is 0 Å². The van der Waals surface area contributed by atoms with E-state index < -0.39 is 0 Å². The molecule has 4 nitrogen and oxygen atoms in total. The van der Waals surface area contributed by atoms with Crippen molar-refractivity contribution in [2.75, 3.05) is 37.1 Å². The highest BCUT2D eigenvalue weighted by molar-refractivity contribution is 7.99. The van der Waals surface area contributed by atoms with Crippen LogP contribution >= 0.6 is 11.8 Å². The number of hydrogen-bond donors (Lipinski definition) is 2. The molecule has 0 bridgehead atoms. The molecule has 0 saturated carbocycles. The predicted molar refractivity (Wildman–Crippen MR) is 85.5 cm³/mol. The van der Waals surface area contributed by atoms with Crippen LogP contribution in [0, 0.1) is 6.92 Å². The van der Waals surface area contributed by atoms with Crippen LogP contribution in [0.2, 0.25) is 0 Å². The summed E-state index contributed by atoms with van der Waals surface area (Å²) >= 11 is 1.73. The maximum absolute atomic E-state index is 11.8. The van der Waals surface area contributed by atoms with Gasteiger partial charge in [0.15, 0.2) is 0 Å². The number of nitrogens with one attached hydrogen (secondary N) is 2. The van der Waals surface area contributed by atoms with E-state index in [1.165, 1.54) is 0 Å². The maximum atomic E-state index is 11.8. The van der Waals surface area contributed by atoms with Gasteiger partial charge < -0.3 is 15.5 Å². The Bertz CT molecular complexity index is 435. The van der Waals surface area contributed by atoms with Crippen LogP contribution in [0.3, 0.4) is 0 Å². The number of carbonyl (C=O) groups is 1. The number of aryl methyl sites for hydroxylation is 1. The van der Waals surface area contributed by atoms with Crippen LogP contribution in [0.15, 0.2) is 18.2 Å². The normalized spacial score (nSPS) is 11.8. The minimum absolute atomic E-state index is 0.151. The van der Waals surface area contributed by atoms with Gasteiger partial charge in [0.2, 0.25) is 0 Å². The van der Waals surface area contributed by atoms with Gasteiger partial charge in [-0.2, -0.15) is 11.8 Å². The Morgan fingerprint density at radius 1 is 1.42 bits per heavy atom.